The zero-order chi connectivity index (χ0) is 15.5. The van der Waals surface area contributed by atoms with Crippen LogP contribution in [0.15, 0.2) is 48.5 Å². The van der Waals surface area contributed by atoms with Crippen LogP contribution in [0.3, 0.4) is 0 Å². The summed E-state index contributed by atoms with van der Waals surface area (Å²) in [5, 5.41) is 9.10. The number of rotatable bonds is 4. The molecule has 0 aliphatic carbocycles. The van der Waals surface area contributed by atoms with E-state index in [1.54, 1.807) is 13.0 Å². The molecule has 22 heavy (non-hydrogen) atoms. The molecule has 0 aliphatic heterocycles. The van der Waals surface area contributed by atoms with Crippen LogP contribution in [0, 0.1) is 11.3 Å². The number of carbonyl (C=O) groups is 1. The van der Waals surface area contributed by atoms with Crippen molar-refractivity contribution < 1.29 is 4.79 Å². The lowest BCUT2D eigenvalue weighted by atomic mass is 10.2. The zero-order valence-electron chi connectivity index (χ0n) is 12.3. The van der Waals surface area contributed by atoms with E-state index in [2.05, 4.69) is 11.1 Å². The molecule has 0 radical (unpaired) electrons. The smallest absolute Gasteiger partial charge is 0.141 e. The fourth-order valence-corrected chi connectivity index (χ4v) is 2.50. The summed E-state index contributed by atoms with van der Waals surface area (Å²) in [5.74, 6) is 0.962. The van der Waals surface area contributed by atoms with Crippen molar-refractivity contribution in [3.8, 4) is 17.5 Å². The Morgan fingerprint density at radius 2 is 2.00 bits per heavy atom. The molecule has 0 saturated carbocycles. The molecule has 1 heterocycles. The number of nitriles is 1. The van der Waals surface area contributed by atoms with Gasteiger partial charge in [0.25, 0.3) is 0 Å². The van der Waals surface area contributed by atoms with E-state index in [4.69, 9.17) is 5.26 Å². The van der Waals surface area contributed by atoms with Crippen molar-refractivity contribution in [3.05, 3.63) is 54.1 Å². The molecule has 0 aliphatic rings. The second-order valence-corrected chi connectivity index (χ2v) is 5.22. The summed E-state index contributed by atoms with van der Waals surface area (Å²) in [4.78, 5) is 16.0. The molecule has 108 valence electrons. The summed E-state index contributed by atoms with van der Waals surface area (Å²) in [6, 6.07) is 17.5. The van der Waals surface area contributed by atoms with Crippen LogP contribution in [-0.2, 0) is 11.3 Å². The first-order valence-corrected chi connectivity index (χ1v) is 7.14. The van der Waals surface area contributed by atoms with Gasteiger partial charge in [0.1, 0.15) is 11.6 Å². The molecule has 4 nitrogen and oxygen atoms in total. The molecule has 0 fully saturated rings. The third kappa shape index (κ3) is 2.61. The Hall–Kier alpha value is -2.93. The van der Waals surface area contributed by atoms with Crippen LogP contribution in [0.2, 0.25) is 0 Å². The van der Waals surface area contributed by atoms with E-state index in [0.29, 0.717) is 18.5 Å². The number of benzene rings is 2. The third-order valence-electron chi connectivity index (χ3n) is 3.60. The first-order chi connectivity index (χ1) is 10.7. The van der Waals surface area contributed by atoms with Gasteiger partial charge in [0, 0.05) is 18.5 Å². The van der Waals surface area contributed by atoms with Crippen LogP contribution >= 0.6 is 0 Å². The lowest BCUT2D eigenvalue weighted by Crippen LogP contribution is -2.04. The van der Waals surface area contributed by atoms with E-state index in [1.165, 1.54) is 0 Å². The standard InChI is InChI=1S/C18H15N3O/c1-13(22)9-10-21-17-11-14(12-19)7-8-16(17)20-18(21)15-5-3-2-4-6-15/h2-8,11H,9-10H2,1H3. The van der Waals surface area contributed by atoms with Crippen LogP contribution in [-0.4, -0.2) is 15.3 Å². The molecular weight excluding hydrogens is 274 g/mol. The Morgan fingerprint density at radius 1 is 1.23 bits per heavy atom. The van der Waals surface area contributed by atoms with Crippen LogP contribution in [0.1, 0.15) is 18.9 Å². The van der Waals surface area contributed by atoms with Crippen LogP contribution < -0.4 is 0 Å². The van der Waals surface area contributed by atoms with Crippen molar-refractivity contribution in [3.63, 3.8) is 0 Å². The Bertz CT molecular complexity index is 872. The topological polar surface area (TPSA) is 58.7 Å². The number of fused-ring (bicyclic) bond motifs is 1. The Kier molecular flexibility index (Phi) is 3.71. The van der Waals surface area contributed by atoms with Gasteiger partial charge in [0.15, 0.2) is 0 Å². The maximum Gasteiger partial charge on any atom is 0.141 e. The van der Waals surface area contributed by atoms with Gasteiger partial charge in [-0.3, -0.25) is 4.79 Å². The maximum atomic E-state index is 11.4. The van der Waals surface area contributed by atoms with E-state index >= 15 is 0 Å². The van der Waals surface area contributed by atoms with Gasteiger partial charge in [-0.25, -0.2) is 4.98 Å². The highest BCUT2D eigenvalue weighted by Crippen LogP contribution is 2.25. The largest absolute Gasteiger partial charge is 0.323 e. The number of ketones is 1. The SMILES string of the molecule is CC(=O)CCn1c(-c2ccccc2)nc2ccc(C#N)cc21. The number of hydrogen-bond acceptors (Lipinski definition) is 3. The minimum absolute atomic E-state index is 0.136. The van der Waals surface area contributed by atoms with E-state index in [1.807, 2.05) is 47.0 Å². The molecular formula is C18H15N3O. The van der Waals surface area contributed by atoms with Crippen molar-refractivity contribution >= 4 is 16.8 Å². The molecule has 3 rings (SSSR count). The summed E-state index contributed by atoms with van der Waals surface area (Å²) >= 11 is 0. The number of aryl methyl sites for hydroxylation is 1. The highest BCUT2D eigenvalue weighted by molar-refractivity contribution is 5.82. The van der Waals surface area contributed by atoms with Gasteiger partial charge in [-0.1, -0.05) is 30.3 Å². The lowest BCUT2D eigenvalue weighted by Gasteiger charge is -2.08. The van der Waals surface area contributed by atoms with Crippen molar-refractivity contribution in [2.45, 2.75) is 19.9 Å². The predicted octanol–water partition coefficient (Wildman–Crippen LogP) is 3.55. The quantitative estimate of drug-likeness (QED) is 0.738. The summed E-state index contributed by atoms with van der Waals surface area (Å²) in [5.41, 5.74) is 3.32. The summed E-state index contributed by atoms with van der Waals surface area (Å²) in [7, 11) is 0. The number of carbonyl (C=O) groups excluding carboxylic acids is 1. The van der Waals surface area contributed by atoms with Crippen LogP contribution in [0.5, 0.6) is 0 Å². The molecule has 0 unspecified atom stereocenters. The Morgan fingerprint density at radius 3 is 2.68 bits per heavy atom. The average Bonchev–Trinajstić information content (AvgIpc) is 2.91. The summed E-state index contributed by atoms with van der Waals surface area (Å²) in [6.45, 7) is 2.15. The highest BCUT2D eigenvalue weighted by atomic mass is 16.1. The van der Waals surface area contributed by atoms with E-state index < -0.39 is 0 Å². The molecule has 0 spiro atoms. The zero-order valence-corrected chi connectivity index (χ0v) is 12.3. The Labute approximate surface area is 128 Å². The first kappa shape index (κ1) is 14.0. The molecule has 0 bridgehead atoms. The number of aromatic nitrogens is 2. The number of nitrogens with zero attached hydrogens (tertiary/aromatic N) is 3. The molecule has 2 aromatic carbocycles. The fourth-order valence-electron chi connectivity index (χ4n) is 2.50. The maximum absolute atomic E-state index is 11.4. The molecule has 0 amide bonds. The molecule has 0 atom stereocenters. The predicted molar refractivity (Wildman–Crippen MR) is 85.2 cm³/mol. The van der Waals surface area contributed by atoms with Gasteiger partial charge >= 0.3 is 0 Å². The van der Waals surface area contributed by atoms with Crippen molar-refractivity contribution in [1.82, 2.24) is 9.55 Å². The van der Waals surface area contributed by atoms with Crippen molar-refractivity contribution in [2.75, 3.05) is 0 Å². The average molecular weight is 289 g/mol. The highest BCUT2D eigenvalue weighted by Gasteiger charge is 2.13. The first-order valence-electron chi connectivity index (χ1n) is 7.14. The normalized spacial score (nSPS) is 10.5. The third-order valence-corrected chi connectivity index (χ3v) is 3.60. The van der Waals surface area contributed by atoms with Gasteiger partial charge < -0.3 is 4.57 Å². The van der Waals surface area contributed by atoms with Crippen molar-refractivity contribution in [1.29, 1.82) is 5.26 Å². The molecule has 1 aromatic heterocycles. The number of Topliss-reactive ketones (excluding diaryl/α,β-unsaturated/α-hetero) is 1. The van der Waals surface area contributed by atoms with Crippen LogP contribution in [0.25, 0.3) is 22.4 Å². The second kappa shape index (κ2) is 5.82. The lowest BCUT2D eigenvalue weighted by molar-refractivity contribution is -0.117. The van der Waals surface area contributed by atoms with E-state index in [-0.39, 0.29) is 5.78 Å². The van der Waals surface area contributed by atoms with Gasteiger partial charge in [0.2, 0.25) is 0 Å². The number of imidazole rings is 1. The molecule has 0 saturated heterocycles. The van der Waals surface area contributed by atoms with E-state index in [0.717, 1.165) is 22.4 Å². The minimum Gasteiger partial charge on any atom is -0.323 e. The molecule has 3 aromatic rings. The second-order valence-electron chi connectivity index (χ2n) is 5.22. The summed E-state index contributed by atoms with van der Waals surface area (Å²) in [6.07, 6.45) is 0.447. The van der Waals surface area contributed by atoms with Crippen LogP contribution in [0.4, 0.5) is 0 Å². The van der Waals surface area contributed by atoms with Gasteiger partial charge in [-0.2, -0.15) is 5.26 Å². The molecule has 4 heteroatoms. The van der Waals surface area contributed by atoms with E-state index in [9.17, 15) is 4.79 Å². The summed E-state index contributed by atoms with van der Waals surface area (Å²) < 4.78 is 2.02. The molecule has 0 N–H and O–H groups in total. The fraction of sp³-hybridized carbons (Fsp3) is 0.167. The van der Waals surface area contributed by atoms with Gasteiger partial charge in [-0.05, 0) is 25.1 Å². The number of hydrogen-bond donors (Lipinski definition) is 0. The van der Waals surface area contributed by atoms with Crippen molar-refractivity contribution in [2.24, 2.45) is 0 Å². The van der Waals surface area contributed by atoms with Gasteiger partial charge in [-0.15, -0.1) is 0 Å². The Balaban J connectivity index is 2.20. The minimum atomic E-state index is 0.136. The monoisotopic (exact) mass is 289 g/mol. The van der Waals surface area contributed by atoms with Gasteiger partial charge in [0.05, 0.1) is 22.7 Å².